The minimum atomic E-state index is -0.371. The maximum absolute atomic E-state index is 13.3. The number of nitrogens with one attached hydrogen (secondary N) is 2. The van der Waals surface area contributed by atoms with Crippen LogP contribution < -0.4 is 15.4 Å². The van der Waals surface area contributed by atoms with Crippen molar-refractivity contribution in [2.24, 2.45) is 0 Å². The number of amides is 2. The number of hydrogen-bond donors (Lipinski definition) is 2. The van der Waals surface area contributed by atoms with Gasteiger partial charge in [-0.15, -0.1) is 0 Å². The van der Waals surface area contributed by atoms with E-state index in [1.165, 1.54) is 6.07 Å². The van der Waals surface area contributed by atoms with Crippen molar-refractivity contribution in [1.82, 2.24) is 10.6 Å². The lowest BCUT2D eigenvalue weighted by atomic mass is 10.2. The molecule has 0 spiro atoms. The van der Waals surface area contributed by atoms with Gasteiger partial charge in [-0.25, -0.2) is 9.18 Å². The molecule has 0 saturated heterocycles. The number of hydrogen-bond acceptors (Lipinski definition) is 2. The summed E-state index contributed by atoms with van der Waals surface area (Å²) in [6, 6.07) is 13.3. The molecule has 0 saturated carbocycles. The molecule has 0 unspecified atom stereocenters. The Labute approximate surface area is 134 Å². The van der Waals surface area contributed by atoms with E-state index in [0.717, 1.165) is 11.3 Å². The normalized spacial score (nSPS) is 9.48. The first-order chi connectivity index (χ1) is 11.2. The van der Waals surface area contributed by atoms with Gasteiger partial charge in [-0.1, -0.05) is 36.1 Å². The molecule has 4 nitrogen and oxygen atoms in total. The molecule has 0 atom stereocenters. The summed E-state index contributed by atoms with van der Waals surface area (Å²) in [6.45, 7) is 0.541. The van der Waals surface area contributed by atoms with Gasteiger partial charge in [-0.3, -0.25) is 0 Å². The molecule has 0 heterocycles. The molecule has 0 aromatic heterocycles. The molecule has 0 bridgehead atoms. The van der Waals surface area contributed by atoms with Crippen molar-refractivity contribution in [3.8, 4) is 17.6 Å². The lowest BCUT2D eigenvalue weighted by Gasteiger charge is -2.06. The second-order valence-electron chi connectivity index (χ2n) is 4.67. The van der Waals surface area contributed by atoms with E-state index in [4.69, 9.17) is 4.74 Å². The largest absolute Gasteiger partial charge is 0.497 e. The van der Waals surface area contributed by atoms with Crippen molar-refractivity contribution in [3.05, 3.63) is 65.5 Å². The van der Waals surface area contributed by atoms with Crippen LogP contribution in [0.4, 0.5) is 9.18 Å². The minimum Gasteiger partial charge on any atom is -0.497 e. The lowest BCUT2D eigenvalue weighted by Crippen LogP contribution is -2.35. The predicted octanol–water partition coefficient (Wildman–Crippen LogP) is 2.69. The maximum atomic E-state index is 13.3. The van der Waals surface area contributed by atoms with Crippen LogP contribution in [0.5, 0.6) is 5.75 Å². The van der Waals surface area contributed by atoms with Crippen LogP contribution in [0.1, 0.15) is 11.1 Å². The first-order valence-corrected chi connectivity index (χ1v) is 7.07. The number of ether oxygens (including phenoxy) is 1. The van der Waals surface area contributed by atoms with Gasteiger partial charge in [0.2, 0.25) is 0 Å². The Bertz CT molecular complexity index is 718. The van der Waals surface area contributed by atoms with E-state index in [0.29, 0.717) is 12.1 Å². The SMILES string of the molecule is COc1ccc(CNC(=O)NCC#Cc2ccccc2F)cc1. The van der Waals surface area contributed by atoms with Gasteiger partial charge in [-0.2, -0.15) is 0 Å². The van der Waals surface area contributed by atoms with Crippen molar-refractivity contribution >= 4 is 6.03 Å². The maximum Gasteiger partial charge on any atom is 0.315 e. The van der Waals surface area contributed by atoms with Crippen molar-refractivity contribution in [2.45, 2.75) is 6.54 Å². The van der Waals surface area contributed by atoms with E-state index in [9.17, 15) is 9.18 Å². The molecule has 0 fully saturated rings. The average molecular weight is 312 g/mol. The van der Waals surface area contributed by atoms with Gasteiger partial charge in [0.05, 0.1) is 19.2 Å². The molecular formula is C18H17FN2O2. The highest BCUT2D eigenvalue weighted by Gasteiger charge is 1.99. The number of halogens is 1. The quantitative estimate of drug-likeness (QED) is 0.853. The zero-order chi connectivity index (χ0) is 16.5. The summed E-state index contributed by atoms with van der Waals surface area (Å²) < 4.78 is 18.4. The average Bonchev–Trinajstić information content (AvgIpc) is 2.59. The third-order valence-corrected chi connectivity index (χ3v) is 3.05. The fraction of sp³-hybridized carbons (Fsp3) is 0.167. The second kappa shape index (κ2) is 8.44. The smallest absolute Gasteiger partial charge is 0.315 e. The van der Waals surface area contributed by atoms with E-state index in [-0.39, 0.29) is 18.4 Å². The number of carbonyl (C=O) groups excluding carboxylic acids is 1. The molecule has 0 aliphatic rings. The molecule has 2 amide bonds. The number of benzene rings is 2. The third-order valence-electron chi connectivity index (χ3n) is 3.05. The van der Waals surface area contributed by atoms with Gasteiger partial charge < -0.3 is 15.4 Å². The monoisotopic (exact) mass is 312 g/mol. The Kier molecular flexibility index (Phi) is 6.01. The number of carbonyl (C=O) groups is 1. The molecule has 118 valence electrons. The van der Waals surface area contributed by atoms with Crippen LogP contribution in [-0.4, -0.2) is 19.7 Å². The van der Waals surface area contributed by atoms with Crippen LogP contribution in [0.2, 0.25) is 0 Å². The number of rotatable bonds is 4. The van der Waals surface area contributed by atoms with Gasteiger partial charge in [0.25, 0.3) is 0 Å². The van der Waals surface area contributed by atoms with E-state index in [1.54, 1.807) is 25.3 Å². The summed E-state index contributed by atoms with van der Waals surface area (Å²) in [4.78, 5) is 11.6. The van der Waals surface area contributed by atoms with Gasteiger partial charge in [0.15, 0.2) is 0 Å². The van der Waals surface area contributed by atoms with Gasteiger partial charge in [0.1, 0.15) is 11.6 Å². The van der Waals surface area contributed by atoms with Crippen LogP contribution >= 0.6 is 0 Å². The molecule has 2 N–H and O–H groups in total. The molecule has 2 aromatic rings. The van der Waals surface area contributed by atoms with E-state index in [1.807, 2.05) is 24.3 Å². The van der Waals surface area contributed by atoms with Crippen molar-refractivity contribution in [2.75, 3.05) is 13.7 Å². The van der Waals surface area contributed by atoms with Crippen LogP contribution in [0.15, 0.2) is 48.5 Å². The number of urea groups is 1. The highest BCUT2D eigenvalue weighted by molar-refractivity contribution is 5.74. The van der Waals surface area contributed by atoms with Crippen LogP contribution in [0.3, 0.4) is 0 Å². The minimum absolute atomic E-state index is 0.142. The Morgan fingerprint density at radius 1 is 1.13 bits per heavy atom. The van der Waals surface area contributed by atoms with Gasteiger partial charge in [0, 0.05) is 6.54 Å². The Morgan fingerprint density at radius 3 is 2.57 bits per heavy atom. The molecule has 2 rings (SSSR count). The summed E-state index contributed by atoms with van der Waals surface area (Å²) in [6.07, 6.45) is 0. The summed E-state index contributed by atoms with van der Waals surface area (Å²) in [5.41, 5.74) is 1.27. The fourth-order valence-corrected chi connectivity index (χ4v) is 1.81. The van der Waals surface area contributed by atoms with Crippen molar-refractivity contribution < 1.29 is 13.9 Å². The third kappa shape index (κ3) is 5.36. The first kappa shape index (κ1) is 16.4. The lowest BCUT2D eigenvalue weighted by molar-refractivity contribution is 0.241. The van der Waals surface area contributed by atoms with Gasteiger partial charge >= 0.3 is 6.03 Å². The zero-order valence-electron chi connectivity index (χ0n) is 12.7. The van der Waals surface area contributed by atoms with Crippen LogP contribution in [0, 0.1) is 17.7 Å². The highest BCUT2D eigenvalue weighted by Crippen LogP contribution is 2.10. The molecular weight excluding hydrogens is 295 g/mol. The second-order valence-corrected chi connectivity index (χ2v) is 4.67. The summed E-state index contributed by atoms with van der Waals surface area (Å²) >= 11 is 0. The van der Waals surface area contributed by atoms with E-state index < -0.39 is 0 Å². The first-order valence-electron chi connectivity index (χ1n) is 7.07. The molecule has 5 heteroatoms. The summed E-state index contributed by atoms with van der Waals surface area (Å²) in [7, 11) is 1.60. The topological polar surface area (TPSA) is 50.4 Å². The molecule has 0 radical (unpaired) electrons. The Balaban J connectivity index is 1.74. The van der Waals surface area contributed by atoms with E-state index in [2.05, 4.69) is 22.5 Å². The highest BCUT2D eigenvalue weighted by atomic mass is 19.1. The molecule has 23 heavy (non-hydrogen) atoms. The van der Waals surface area contributed by atoms with Gasteiger partial charge in [-0.05, 0) is 29.8 Å². The van der Waals surface area contributed by atoms with Crippen LogP contribution in [0.25, 0.3) is 0 Å². The summed E-state index contributed by atoms with van der Waals surface area (Å²) in [5.74, 6) is 5.78. The van der Waals surface area contributed by atoms with E-state index >= 15 is 0 Å². The predicted molar refractivity (Wildman–Crippen MR) is 86.5 cm³/mol. The summed E-state index contributed by atoms with van der Waals surface area (Å²) in [5, 5.41) is 5.31. The zero-order valence-corrected chi connectivity index (χ0v) is 12.7. The van der Waals surface area contributed by atoms with Crippen molar-refractivity contribution in [1.29, 1.82) is 0 Å². The van der Waals surface area contributed by atoms with Crippen LogP contribution in [-0.2, 0) is 6.54 Å². The standard InChI is InChI=1S/C18H17FN2O2/c1-23-16-10-8-14(9-11-16)13-21-18(22)20-12-4-6-15-5-2-3-7-17(15)19/h2-3,5,7-11H,12-13H2,1H3,(H2,20,21,22). The molecule has 0 aliphatic carbocycles. The Hall–Kier alpha value is -3.00. The fourth-order valence-electron chi connectivity index (χ4n) is 1.81. The Morgan fingerprint density at radius 2 is 1.87 bits per heavy atom. The molecule has 2 aromatic carbocycles. The van der Waals surface area contributed by atoms with Crippen molar-refractivity contribution in [3.63, 3.8) is 0 Å². The number of methoxy groups -OCH3 is 1. The molecule has 0 aliphatic heterocycles.